The van der Waals surface area contributed by atoms with Gasteiger partial charge in [-0.15, -0.1) is 0 Å². The molecule has 1 N–H and O–H groups in total. The second kappa shape index (κ2) is 7.71. The van der Waals surface area contributed by atoms with Gasteiger partial charge in [-0.2, -0.15) is 0 Å². The fourth-order valence-corrected chi connectivity index (χ4v) is 3.27. The minimum atomic E-state index is -0.871. The van der Waals surface area contributed by atoms with Gasteiger partial charge in [-0.25, -0.2) is 0 Å². The molecular weight excluding hydrogens is 352 g/mol. The molecule has 0 saturated heterocycles. The van der Waals surface area contributed by atoms with Crippen molar-refractivity contribution in [1.29, 1.82) is 0 Å². The lowest BCUT2D eigenvalue weighted by Crippen LogP contribution is -2.07. The predicted octanol–water partition coefficient (Wildman–Crippen LogP) is 4.79. The Labute approximate surface area is 163 Å². The van der Waals surface area contributed by atoms with Gasteiger partial charge in [0.15, 0.2) is 5.76 Å². The molecule has 1 atom stereocenters. The summed E-state index contributed by atoms with van der Waals surface area (Å²) in [5.74, 6) is 1.24. The van der Waals surface area contributed by atoms with Crippen molar-refractivity contribution in [2.75, 3.05) is 7.11 Å². The lowest BCUT2D eigenvalue weighted by atomic mass is 9.91. The van der Waals surface area contributed by atoms with E-state index < -0.39 is 6.10 Å². The summed E-state index contributed by atoms with van der Waals surface area (Å²) in [6.07, 6.45) is 8.02. The number of ether oxygens (including phenoxy) is 1. The van der Waals surface area contributed by atoms with E-state index >= 15 is 0 Å². The van der Waals surface area contributed by atoms with Crippen LogP contribution in [0.4, 0.5) is 0 Å². The first kappa shape index (κ1) is 18.0. The molecule has 0 bridgehead atoms. The summed E-state index contributed by atoms with van der Waals surface area (Å²) in [5, 5.41) is 15.5. The van der Waals surface area contributed by atoms with Gasteiger partial charge in [0.05, 0.1) is 18.2 Å². The molecule has 4 rings (SSSR count). The van der Waals surface area contributed by atoms with Crippen LogP contribution in [-0.4, -0.2) is 23.6 Å². The van der Waals surface area contributed by atoms with Gasteiger partial charge in [0, 0.05) is 18.0 Å². The zero-order valence-electron chi connectivity index (χ0n) is 15.8. The molecule has 0 fully saturated rings. The van der Waals surface area contributed by atoms with Crippen LogP contribution in [0.3, 0.4) is 0 Å². The average molecular weight is 372 g/mol. The third kappa shape index (κ3) is 3.42. The number of benzene rings is 1. The molecule has 0 amide bonds. The predicted molar refractivity (Wildman–Crippen MR) is 108 cm³/mol. The number of hydrogen-bond acceptors (Lipinski definition) is 5. The van der Waals surface area contributed by atoms with Gasteiger partial charge >= 0.3 is 0 Å². The van der Waals surface area contributed by atoms with Crippen LogP contribution >= 0.6 is 0 Å². The SMILES string of the molecule is COc1ccc(-c2noc(C3=C=C=CC(C)=C3)c2C(O)C2=CN=CCC2)cc1. The molecule has 2 heterocycles. The molecule has 2 aliphatic rings. The van der Waals surface area contributed by atoms with Gasteiger partial charge in [0.2, 0.25) is 0 Å². The maximum absolute atomic E-state index is 11.2. The number of allylic oxidation sites excluding steroid dienone is 4. The van der Waals surface area contributed by atoms with Gasteiger partial charge in [-0.3, -0.25) is 4.99 Å². The third-order valence-electron chi connectivity index (χ3n) is 4.75. The van der Waals surface area contributed by atoms with Crippen LogP contribution in [0, 0.1) is 0 Å². The molecule has 2 aromatic rings. The van der Waals surface area contributed by atoms with Gasteiger partial charge < -0.3 is 14.4 Å². The maximum atomic E-state index is 11.2. The molecule has 0 saturated carbocycles. The quantitative estimate of drug-likeness (QED) is 0.767. The molecule has 140 valence electrons. The topological polar surface area (TPSA) is 67.9 Å². The molecule has 1 unspecified atom stereocenters. The number of aliphatic hydroxyl groups excluding tert-OH is 1. The summed E-state index contributed by atoms with van der Waals surface area (Å²) in [6, 6.07) is 7.51. The highest BCUT2D eigenvalue weighted by Gasteiger charge is 2.28. The summed E-state index contributed by atoms with van der Waals surface area (Å²) in [6.45, 7) is 1.98. The minimum Gasteiger partial charge on any atom is -0.497 e. The van der Waals surface area contributed by atoms with E-state index in [1.165, 1.54) is 0 Å². The zero-order chi connectivity index (χ0) is 19.5. The van der Waals surface area contributed by atoms with Crippen molar-refractivity contribution in [3.8, 4) is 17.0 Å². The van der Waals surface area contributed by atoms with Gasteiger partial charge in [-0.05, 0) is 67.3 Å². The van der Waals surface area contributed by atoms with Crippen LogP contribution in [0.2, 0.25) is 0 Å². The average Bonchev–Trinajstić information content (AvgIpc) is 3.19. The summed E-state index contributed by atoms with van der Waals surface area (Å²) in [7, 11) is 1.62. The fourth-order valence-electron chi connectivity index (χ4n) is 3.27. The normalized spacial score (nSPS) is 16.5. The van der Waals surface area contributed by atoms with E-state index in [0.717, 1.165) is 35.3 Å². The Balaban J connectivity index is 1.87. The monoisotopic (exact) mass is 372 g/mol. The number of methoxy groups -OCH3 is 1. The van der Waals surface area contributed by atoms with E-state index in [-0.39, 0.29) is 0 Å². The van der Waals surface area contributed by atoms with E-state index in [0.29, 0.717) is 22.6 Å². The largest absolute Gasteiger partial charge is 0.497 e. The summed E-state index contributed by atoms with van der Waals surface area (Å²) < 4.78 is 10.9. The van der Waals surface area contributed by atoms with Crippen molar-refractivity contribution >= 4 is 11.8 Å². The number of aromatic nitrogens is 1. The van der Waals surface area contributed by atoms with Crippen molar-refractivity contribution in [1.82, 2.24) is 5.16 Å². The number of aliphatic imine (C=N–C) groups is 1. The van der Waals surface area contributed by atoms with Crippen LogP contribution in [0.25, 0.3) is 16.8 Å². The summed E-state index contributed by atoms with van der Waals surface area (Å²) in [5.41, 5.74) is 10.7. The maximum Gasteiger partial charge on any atom is 0.182 e. The molecule has 1 aliphatic heterocycles. The van der Waals surface area contributed by atoms with Crippen molar-refractivity contribution in [2.45, 2.75) is 25.9 Å². The molecule has 0 radical (unpaired) electrons. The Morgan fingerprint density at radius 1 is 1.25 bits per heavy atom. The van der Waals surface area contributed by atoms with Crippen molar-refractivity contribution in [2.24, 2.45) is 4.99 Å². The highest BCUT2D eigenvalue weighted by Crippen LogP contribution is 2.39. The molecule has 1 aromatic carbocycles. The molecule has 0 spiro atoms. The standard InChI is InChI=1S/C23H20N2O3/c1-15-5-3-6-17(13-15)23-20(22(26)18-7-4-12-24-14-18)21(25-28-23)16-8-10-19(27-2)11-9-16/h5,8-14,22,26H,4,7H2,1-2H3. The molecular formula is C23H20N2O3. The smallest absolute Gasteiger partial charge is 0.182 e. The molecule has 1 aromatic heterocycles. The van der Waals surface area contributed by atoms with E-state index in [9.17, 15) is 5.11 Å². The lowest BCUT2D eigenvalue weighted by Gasteiger charge is -2.17. The van der Waals surface area contributed by atoms with E-state index in [2.05, 4.69) is 21.6 Å². The van der Waals surface area contributed by atoms with Crippen LogP contribution in [0.5, 0.6) is 5.75 Å². The molecule has 1 aliphatic carbocycles. The Kier molecular flexibility index (Phi) is 4.96. The Morgan fingerprint density at radius 3 is 2.75 bits per heavy atom. The minimum absolute atomic E-state index is 0.494. The van der Waals surface area contributed by atoms with Crippen LogP contribution in [0.15, 0.2) is 74.7 Å². The summed E-state index contributed by atoms with van der Waals surface area (Å²) >= 11 is 0. The molecule has 5 nitrogen and oxygen atoms in total. The van der Waals surface area contributed by atoms with E-state index in [1.807, 2.05) is 49.6 Å². The van der Waals surface area contributed by atoms with E-state index in [4.69, 9.17) is 9.26 Å². The van der Waals surface area contributed by atoms with E-state index in [1.54, 1.807) is 13.3 Å². The molecule has 5 heteroatoms. The zero-order valence-corrected chi connectivity index (χ0v) is 15.8. The fraction of sp³-hybridized carbons (Fsp3) is 0.217. The lowest BCUT2D eigenvalue weighted by molar-refractivity contribution is 0.210. The third-order valence-corrected chi connectivity index (χ3v) is 4.75. The van der Waals surface area contributed by atoms with Crippen LogP contribution in [-0.2, 0) is 0 Å². The van der Waals surface area contributed by atoms with Gasteiger partial charge in [0.1, 0.15) is 17.5 Å². The summed E-state index contributed by atoms with van der Waals surface area (Å²) in [4.78, 5) is 4.20. The Hall–Kier alpha value is -3.36. The van der Waals surface area contributed by atoms with Gasteiger partial charge in [-0.1, -0.05) is 16.6 Å². The Morgan fingerprint density at radius 2 is 2.07 bits per heavy atom. The first-order chi connectivity index (χ1) is 13.7. The second-order valence-corrected chi connectivity index (χ2v) is 6.70. The molecule has 28 heavy (non-hydrogen) atoms. The first-order valence-electron chi connectivity index (χ1n) is 9.10. The number of aliphatic hydroxyl groups is 1. The van der Waals surface area contributed by atoms with Crippen molar-refractivity contribution in [3.63, 3.8) is 0 Å². The Bertz CT molecular complexity index is 1090. The van der Waals surface area contributed by atoms with Crippen LogP contribution < -0.4 is 4.74 Å². The van der Waals surface area contributed by atoms with Crippen LogP contribution in [0.1, 0.15) is 37.2 Å². The highest BCUT2D eigenvalue weighted by atomic mass is 16.5. The van der Waals surface area contributed by atoms with Crippen molar-refractivity contribution < 1.29 is 14.4 Å². The number of hydrogen-bond donors (Lipinski definition) is 1. The number of rotatable bonds is 5. The second-order valence-electron chi connectivity index (χ2n) is 6.70. The van der Waals surface area contributed by atoms with Crippen molar-refractivity contribution in [3.05, 3.63) is 76.5 Å². The highest BCUT2D eigenvalue weighted by molar-refractivity contribution is 5.79. The number of nitrogens with zero attached hydrogens (tertiary/aromatic N) is 2. The first-order valence-corrected chi connectivity index (χ1v) is 9.10. The van der Waals surface area contributed by atoms with Gasteiger partial charge in [0.25, 0.3) is 0 Å².